The highest BCUT2D eigenvalue weighted by molar-refractivity contribution is 4.79. The summed E-state index contributed by atoms with van der Waals surface area (Å²) >= 11 is 0. The third-order valence-electron chi connectivity index (χ3n) is 2.72. The molecule has 0 heterocycles. The molecule has 1 saturated carbocycles. The third-order valence-corrected chi connectivity index (χ3v) is 2.72. The van der Waals surface area contributed by atoms with Gasteiger partial charge in [0.1, 0.15) is 0 Å². The minimum atomic E-state index is -3.99. The molecule has 0 aromatic rings. The van der Waals surface area contributed by atoms with Gasteiger partial charge < -0.3 is 5.32 Å². The molecule has 1 rings (SSSR count). The van der Waals surface area contributed by atoms with Gasteiger partial charge in [-0.15, -0.1) is 0 Å². The van der Waals surface area contributed by atoms with Crippen molar-refractivity contribution in [3.63, 3.8) is 0 Å². The molecule has 1 aliphatic carbocycles. The first-order valence-corrected chi connectivity index (χ1v) is 5.30. The van der Waals surface area contributed by atoms with Crippen LogP contribution in [0.25, 0.3) is 0 Å². The van der Waals surface area contributed by atoms with Crippen LogP contribution in [0.4, 0.5) is 13.2 Å². The van der Waals surface area contributed by atoms with E-state index in [1.165, 1.54) is 19.3 Å². The van der Waals surface area contributed by atoms with Crippen LogP contribution in [0.15, 0.2) is 0 Å². The average molecular weight is 209 g/mol. The molecular weight excluding hydrogens is 191 g/mol. The highest BCUT2D eigenvalue weighted by atomic mass is 19.4. The summed E-state index contributed by atoms with van der Waals surface area (Å²) < 4.78 is 35.5. The summed E-state index contributed by atoms with van der Waals surface area (Å²) in [6.07, 6.45) is -0.152. The zero-order valence-corrected chi connectivity index (χ0v) is 8.53. The Morgan fingerprint density at radius 2 is 2.00 bits per heavy atom. The van der Waals surface area contributed by atoms with E-state index >= 15 is 0 Å². The van der Waals surface area contributed by atoms with Crippen molar-refractivity contribution in [2.75, 3.05) is 0 Å². The minimum absolute atomic E-state index is 0.225. The summed E-state index contributed by atoms with van der Waals surface area (Å²) in [6, 6.07) is 0.790. The maximum absolute atomic E-state index is 11.8. The predicted octanol–water partition coefficient (Wildman–Crippen LogP) is 3.25. The van der Waals surface area contributed by atoms with Crippen LogP contribution in [-0.4, -0.2) is 18.3 Å². The van der Waals surface area contributed by atoms with Crippen molar-refractivity contribution in [2.24, 2.45) is 0 Å². The van der Waals surface area contributed by atoms with Gasteiger partial charge in [-0.25, -0.2) is 0 Å². The second-order valence-electron chi connectivity index (χ2n) is 4.20. The normalized spacial score (nSPS) is 20.6. The topological polar surface area (TPSA) is 12.0 Å². The van der Waals surface area contributed by atoms with Gasteiger partial charge in [-0.1, -0.05) is 6.42 Å². The van der Waals surface area contributed by atoms with E-state index in [2.05, 4.69) is 5.32 Å². The Labute approximate surface area is 83.1 Å². The number of hydrogen-bond donors (Lipinski definition) is 1. The summed E-state index contributed by atoms with van der Waals surface area (Å²) in [7, 11) is 0. The zero-order chi connectivity index (χ0) is 10.6. The molecule has 0 aromatic carbocycles. The molecule has 0 saturated heterocycles. The summed E-state index contributed by atoms with van der Waals surface area (Å²) in [6.45, 7) is 1.97. The molecule has 1 fully saturated rings. The second kappa shape index (κ2) is 5.01. The SMILES string of the molecule is CC(CCCC(F)(F)F)NC1CCC1. The molecule has 1 N–H and O–H groups in total. The van der Waals surface area contributed by atoms with Crippen molar-refractivity contribution in [3.05, 3.63) is 0 Å². The molecule has 14 heavy (non-hydrogen) atoms. The smallest absolute Gasteiger partial charge is 0.312 e. The van der Waals surface area contributed by atoms with Crippen LogP contribution in [0.2, 0.25) is 0 Å². The first kappa shape index (κ1) is 11.8. The lowest BCUT2D eigenvalue weighted by atomic mass is 9.92. The first-order valence-electron chi connectivity index (χ1n) is 5.30. The Morgan fingerprint density at radius 3 is 2.43 bits per heavy atom. The van der Waals surface area contributed by atoms with Gasteiger partial charge in [-0.05, 0) is 32.6 Å². The van der Waals surface area contributed by atoms with Crippen molar-refractivity contribution in [1.29, 1.82) is 0 Å². The van der Waals surface area contributed by atoms with Gasteiger partial charge in [-0.3, -0.25) is 0 Å². The molecule has 0 radical (unpaired) electrons. The Bertz CT molecular complexity index is 163. The van der Waals surface area contributed by atoms with E-state index in [4.69, 9.17) is 0 Å². The number of alkyl halides is 3. The number of nitrogens with one attached hydrogen (secondary N) is 1. The molecule has 1 atom stereocenters. The maximum Gasteiger partial charge on any atom is 0.389 e. The van der Waals surface area contributed by atoms with Crippen LogP contribution in [-0.2, 0) is 0 Å². The van der Waals surface area contributed by atoms with Gasteiger partial charge in [0.05, 0.1) is 0 Å². The summed E-state index contributed by atoms with van der Waals surface area (Å²) in [5.41, 5.74) is 0. The van der Waals surface area contributed by atoms with E-state index in [0.29, 0.717) is 12.5 Å². The Kier molecular flexibility index (Phi) is 4.23. The molecular formula is C10H18F3N. The van der Waals surface area contributed by atoms with Crippen LogP contribution in [0.3, 0.4) is 0 Å². The van der Waals surface area contributed by atoms with Crippen LogP contribution in [0, 0.1) is 0 Å². The van der Waals surface area contributed by atoms with E-state index in [1.807, 2.05) is 6.92 Å². The number of halogens is 3. The predicted molar refractivity (Wildman–Crippen MR) is 50.1 cm³/mol. The first-order chi connectivity index (χ1) is 6.47. The molecule has 0 amide bonds. The quantitative estimate of drug-likeness (QED) is 0.732. The van der Waals surface area contributed by atoms with Gasteiger partial charge in [0.2, 0.25) is 0 Å². The van der Waals surface area contributed by atoms with Gasteiger partial charge in [-0.2, -0.15) is 13.2 Å². The molecule has 0 bridgehead atoms. The Balaban J connectivity index is 1.99. The molecule has 0 spiro atoms. The van der Waals surface area contributed by atoms with Crippen molar-refractivity contribution in [1.82, 2.24) is 5.32 Å². The van der Waals surface area contributed by atoms with Crippen LogP contribution < -0.4 is 5.32 Å². The van der Waals surface area contributed by atoms with E-state index in [9.17, 15) is 13.2 Å². The number of hydrogen-bond acceptors (Lipinski definition) is 1. The molecule has 1 unspecified atom stereocenters. The molecule has 1 nitrogen and oxygen atoms in total. The van der Waals surface area contributed by atoms with E-state index < -0.39 is 12.6 Å². The summed E-state index contributed by atoms with van der Waals surface area (Å²) in [5.74, 6) is 0. The lowest BCUT2D eigenvalue weighted by molar-refractivity contribution is -0.135. The summed E-state index contributed by atoms with van der Waals surface area (Å²) in [5, 5.41) is 3.34. The molecule has 0 aromatic heterocycles. The highest BCUT2D eigenvalue weighted by Gasteiger charge is 2.26. The third kappa shape index (κ3) is 4.84. The fourth-order valence-corrected chi connectivity index (χ4v) is 1.67. The lowest BCUT2D eigenvalue weighted by Crippen LogP contribution is -2.40. The molecule has 1 aliphatic rings. The monoisotopic (exact) mass is 209 g/mol. The minimum Gasteiger partial charge on any atom is -0.312 e. The van der Waals surface area contributed by atoms with Crippen molar-refractivity contribution in [3.8, 4) is 0 Å². The second-order valence-corrected chi connectivity index (χ2v) is 4.20. The van der Waals surface area contributed by atoms with E-state index in [1.54, 1.807) is 0 Å². The van der Waals surface area contributed by atoms with Gasteiger partial charge in [0.15, 0.2) is 0 Å². The fourth-order valence-electron chi connectivity index (χ4n) is 1.67. The Hall–Kier alpha value is -0.250. The highest BCUT2D eigenvalue weighted by Crippen LogP contribution is 2.23. The van der Waals surface area contributed by atoms with Gasteiger partial charge in [0.25, 0.3) is 0 Å². The molecule has 84 valence electrons. The van der Waals surface area contributed by atoms with E-state index in [0.717, 1.165) is 0 Å². The van der Waals surface area contributed by atoms with Gasteiger partial charge in [0, 0.05) is 18.5 Å². The zero-order valence-electron chi connectivity index (χ0n) is 8.53. The molecule has 0 aliphatic heterocycles. The number of rotatable bonds is 5. The maximum atomic E-state index is 11.8. The largest absolute Gasteiger partial charge is 0.389 e. The van der Waals surface area contributed by atoms with Crippen molar-refractivity contribution < 1.29 is 13.2 Å². The molecule has 4 heteroatoms. The van der Waals surface area contributed by atoms with Crippen LogP contribution >= 0.6 is 0 Å². The van der Waals surface area contributed by atoms with Crippen LogP contribution in [0.5, 0.6) is 0 Å². The average Bonchev–Trinajstić information content (AvgIpc) is 1.94. The lowest BCUT2D eigenvalue weighted by Gasteiger charge is -2.30. The van der Waals surface area contributed by atoms with Crippen molar-refractivity contribution >= 4 is 0 Å². The van der Waals surface area contributed by atoms with Gasteiger partial charge >= 0.3 is 6.18 Å². The van der Waals surface area contributed by atoms with E-state index in [-0.39, 0.29) is 12.5 Å². The fraction of sp³-hybridized carbons (Fsp3) is 1.00. The van der Waals surface area contributed by atoms with Crippen molar-refractivity contribution in [2.45, 2.75) is 63.7 Å². The van der Waals surface area contributed by atoms with Crippen LogP contribution in [0.1, 0.15) is 45.4 Å². The summed E-state index contributed by atoms with van der Waals surface area (Å²) in [4.78, 5) is 0. The Morgan fingerprint density at radius 1 is 1.36 bits per heavy atom. The standard InChI is InChI=1S/C10H18F3N/c1-8(14-9-5-2-6-9)4-3-7-10(11,12)13/h8-9,14H,2-7H2,1H3.